The maximum absolute atomic E-state index is 3.48. The average molecular weight is 219 g/mol. The Hall–Kier alpha value is -0.820. The molecular weight excluding hydrogens is 194 g/mol. The predicted octanol–water partition coefficient (Wildman–Crippen LogP) is 3.65. The van der Waals surface area contributed by atoms with Crippen molar-refractivity contribution in [2.24, 2.45) is 5.92 Å². The fourth-order valence-corrected chi connectivity index (χ4v) is 1.93. The van der Waals surface area contributed by atoms with Crippen LogP contribution in [0.5, 0.6) is 0 Å². The fraction of sp³-hybridized carbons (Fsp3) is 0.600. The maximum Gasteiger partial charge on any atom is -0.00232 e. The highest BCUT2D eigenvalue weighted by molar-refractivity contribution is 5.14. The molecule has 1 rings (SSSR count). The minimum atomic E-state index is 0.801. The van der Waals surface area contributed by atoms with Gasteiger partial charge in [0.2, 0.25) is 0 Å². The molecule has 1 nitrogen and oxygen atoms in total. The molecule has 0 bridgehead atoms. The van der Waals surface area contributed by atoms with E-state index >= 15 is 0 Å². The number of hydrogen-bond acceptors (Lipinski definition) is 1. The highest BCUT2D eigenvalue weighted by Crippen LogP contribution is 2.09. The molecule has 90 valence electrons. The number of hydrogen-bond donors (Lipinski definition) is 1. The fourth-order valence-electron chi connectivity index (χ4n) is 1.93. The Labute approximate surface area is 100 Å². The van der Waals surface area contributed by atoms with Crippen LogP contribution in [0.4, 0.5) is 0 Å². The smallest absolute Gasteiger partial charge is 0.00232 e. The standard InChI is InChI=1S/C15H25N/c1-3-12-16-13-14(2)8-7-11-15-9-5-4-6-10-15/h4-6,9-10,14,16H,3,7-8,11-13H2,1-2H3/t14-/m1/s1. The van der Waals surface area contributed by atoms with Gasteiger partial charge in [-0.2, -0.15) is 0 Å². The monoisotopic (exact) mass is 219 g/mol. The molecule has 0 aliphatic rings. The largest absolute Gasteiger partial charge is 0.316 e. The first kappa shape index (κ1) is 13.2. The summed E-state index contributed by atoms with van der Waals surface area (Å²) in [6, 6.07) is 10.8. The molecule has 0 radical (unpaired) electrons. The van der Waals surface area contributed by atoms with Gasteiger partial charge in [-0.3, -0.25) is 0 Å². The lowest BCUT2D eigenvalue weighted by atomic mass is 10.0. The first-order valence-electron chi connectivity index (χ1n) is 6.57. The Bertz CT molecular complexity index is 255. The van der Waals surface area contributed by atoms with Gasteiger partial charge in [-0.05, 0) is 50.3 Å². The lowest BCUT2D eigenvalue weighted by molar-refractivity contribution is 0.467. The van der Waals surface area contributed by atoms with E-state index in [0.29, 0.717) is 0 Å². The average Bonchev–Trinajstić information content (AvgIpc) is 2.31. The van der Waals surface area contributed by atoms with Gasteiger partial charge >= 0.3 is 0 Å². The minimum Gasteiger partial charge on any atom is -0.316 e. The summed E-state index contributed by atoms with van der Waals surface area (Å²) in [7, 11) is 0. The second-order valence-electron chi connectivity index (χ2n) is 4.69. The first-order chi connectivity index (χ1) is 7.83. The summed E-state index contributed by atoms with van der Waals surface area (Å²) >= 11 is 0. The summed E-state index contributed by atoms with van der Waals surface area (Å²) in [6.07, 6.45) is 5.08. The van der Waals surface area contributed by atoms with Crippen molar-refractivity contribution < 1.29 is 0 Å². The molecule has 0 saturated heterocycles. The topological polar surface area (TPSA) is 12.0 Å². The molecule has 1 N–H and O–H groups in total. The van der Waals surface area contributed by atoms with Crippen LogP contribution in [0.15, 0.2) is 30.3 Å². The molecule has 0 spiro atoms. The molecule has 0 heterocycles. The molecule has 1 heteroatoms. The van der Waals surface area contributed by atoms with Crippen molar-refractivity contribution in [2.75, 3.05) is 13.1 Å². The third kappa shape index (κ3) is 5.92. The lowest BCUT2D eigenvalue weighted by Crippen LogP contribution is -2.21. The molecule has 1 aromatic carbocycles. The summed E-state index contributed by atoms with van der Waals surface area (Å²) in [4.78, 5) is 0. The van der Waals surface area contributed by atoms with E-state index in [1.807, 2.05) is 0 Å². The van der Waals surface area contributed by atoms with Gasteiger partial charge in [0.15, 0.2) is 0 Å². The second kappa shape index (κ2) is 8.35. The van der Waals surface area contributed by atoms with E-state index in [1.54, 1.807) is 0 Å². The normalized spacial score (nSPS) is 12.6. The number of aryl methyl sites for hydroxylation is 1. The third-order valence-corrected chi connectivity index (χ3v) is 2.92. The van der Waals surface area contributed by atoms with Crippen LogP contribution in [0.2, 0.25) is 0 Å². The Balaban J connectivity index is 2.06. The van der Waals surface area contributed by atoms with E-state index in [0.717, 1.165) is 12.5 Å². The van der Waals surface area contributed by atoms with Gasteiger partial charge < -0.3 is 5.32 Å². The quantitative estimate of drug-likeness (QED) is 0.658. The molecular formula is C15H25N. The Morgan fingerprint density at radius 2 is 1.94 bits per heavy atom. The molecule has 0 aromatic heterocycles. The first-order valence-corrected chi connectivity index (χ1v) is 6.57. The van der Waals surface area contributed by atoms with Crippen molar-refractivity contribution in [1.82, 2.24) is 5.32 Å². The van der Waals surface area contributed by atoms with Crippen molar-refractivity contribution in [2.45, 2.75) is 39.5 Å². The molecule has 0 aliphatic carbocycles. The van der Waals surface area contributed by atoms with Crippen LogP contribution in [-0.2, 0) is 6.42 Å². The maximum atomic E-state index is 3.48. The van der Waals surface area contributed by atoms with E-state index in [1.165, 1.54) is 37.8 Å². The van der Waals surface area contributed by atoms with Gasteiger partial charge in [-0.1, -0.05) is 44.2 Å². The SMILES string of the molecule is CCCNC[C@H](C)CCCc1ccccc1. The van der Waals surface area contributed by atoms with Crippen LogP contribution in [0, 0.1) is 5.92 Å². The van der Waals surface area contributed by atoms with Crippen LogP contribution in [-0.4, -0.2) is 13.1 Å². The highest BCUT2D eigenvalue weighted by Gasteiger charge is 2.01. The van der Waals surface area contributed by atoms with Gasteiger partial charge in [-0.15, -0.1) is 0 Å². The zero-order chi connectivity index (χ0) is 11.6. The summed E-state index contributed by atoms with van der Waals surface area (Å²) in [5, 5.41) is 3.48. The van der Waals surface area contributed by atoms with Crippen LogP contribution < -0.4 is 5.32 Å². The lowest BCUT2D eigenvalue weighted by Gasteiger charge is -2.11. The second-order valence-corrected chi connectivity index (χ2v) is 4.69. The molecule has 0 fully saturated rings. The van der Waals surface area contributed by atoms with Crippen molar-refractivity contribution in [3.63, 3.8) is 0 Å². The molecule has 16 heavy (non-hydrogen) atoms. The van der Waals surface area contributed by atoms with Crippen molar-refractivity contribution in [3.8, 4) is 0 Å². The van der Waals surface area contributed by atoms with Crippen LogP contribution in [0.3, 0.4) is 0 Å². The third-order valence-electron chi connectivity index (χ3n) is 2.92. The van der Waals surface area contributed by atoms with Crippen LogP contribution in [0.1, 0.15) is 38.7 Å². The summed E-state index contributed by atoms with van der Waals surface area (Å²) in [6.45, 7) is 6.88. The Morgan fingerprint density at radius 3 is 2.62 bits per heavy atom. The number of rotatable bonds is 8. The van der Waals surface area contributed by atoms with Gasteiger partial charge in [0.05, 0.1) is 0 Å². The zero-order valence-corrected chi connectivity index (χ0v) is 10.7. The number of nitrogens with one attached hydrogen (secondary N) is 1. The van der Waals surface area contributed by atoms with E-state index in [4.69, 9.17) is 0 Å². The van der Waals surface area contributed by atoms with Gasteiger partial charge in [0, 0.05) is 0 Å². The molecule has 0 unspecified atom stereocenters. The van der Waals surface area contributed by atoms with E-state index in [2.05, 4.69) is 49.5 Å². The van der Waals surface area contributed by atoms with E-state index in [-0.39, 0.29) is 0 Å². The van der Waals surface area contributed by atoms with Gasteiger partial charge in [0.1, 0.15) is 0 Å². The molecule has 0 amide bonds. The molecule has 1 aromatic rings. The van der Waals surface area contributed by atoms with Crippen molar-refractivity contribution >= 4 is 0 Å². The minimum absolute atomic E-state index is 0.801. The van der Waals surface area contributed by atoms with Crippen LogP contribution >= 0.6 is 0 Å². The zero-order valence-electron chi connectivity index (χ0n) is 10.7. The molecule has 0 aliphatic heterocycles. The Kier molecular flexibility index (Phi) is 6.91. The summed E-state index contributed by atoms with van der Waals surface area (Å²) < 4.78 is 0. The predicted molar refractivity (Wildman–Crippen MR) is 71.7 cm³/mol. The highest BCUT2D eigenvalue weighted by atomic mass is 14.8. The van der Waals surface area contributed by atoms with E-state index < -0.39 is 0 Å². The van der Waals surface area contributed by atoms with Gasteiger partial charge in [0.25, 0.3) is 0 Å². The summed E-state index contributed by atoms with van der Waals surface area (Å²) in [5.74, 6) is 0.801. The van der Waals surface area contributed by atoms with Gasteiger partial charge in [-0.25, -0.2) is 0 Å². The van der Waals surface area contributed by atoms with E-state index in [9.17, 15) is 0 Å². The molecule has 0 saturated carbocycles. The van der Waals surface area contributed by atoms with Crippen molar-refractivity contribution in [1.29, 1.82) is 0 Å². The Morgan fingerprint density at radius 1 is 1.19 bits per heavy atom. The molecule has 1 atom stereocenters. The summed E-state index contributed by atoms with van der Waals surface area (Å²) in [5.41, 5.74) is 1.47. The van der Waals surface area contributed by atoms with Crippen LogP contribution in [0.25, 0.3) is 0 Å². The number of benzene rings is 1. The van der Waals surface area contributed by atoms with Crippen molar-refractivity contribution in [3.05, 3.63) is 35.9 Å².